The third-order valence-electron chi connectivity index (χ3n) is 3.95. The summed E-state index contributed by atoms with van der Waals surface area (Å²) in [6, 6.07) is 4.93. The molecule has 1 aromatic carbocycles. The first kappa shape index (κ1) is 13.2. The molecule has 1 unspecified atom stereocenters. The molecule has 1 amide bonds. The number of carbonyl (C=O) groups is 1. The Morgan fingerprint density at radius 3 is 2.90 bits per heavy atom. The first-order chi connectivity index (χ1) is 9.74. The van der Waals surface area contributed by atoms with Crippen molar-refractivity contribution in [3.63, 3.8) is 0 Å². The fourth-order valence-electron chi connectivity index (χ4n) is 2.84. The SMILES string of the molecule is O=C(NC1CCCCC1)C1CNc2cccc(F)c2O1. The molecule has 5 heteroatoms. The number of halogens is 1. The summed E-state index contributed by atoms with van der Waals surface area (Å²) in [5.74, 6) is -0.453. The van der Waals surface area contributed by atoms with Crippen molar-refractivity contribution in [1.29, 1.82) is 0 Å². The molecule has 1 aromatic rings. The van der Waals surface area contributed by atoms with Crippen LogP contribution in [0.1, 0.15) is 32.1 Å². The van der Waals surface area contributed by atoms with E-state index in [4.69, 9.17) is 4.74 Å². The second kappa shape index (κ2) is 5.69. The molecule has 0 bridgehead atoms. The third-order valence-corrected chi connectivity index (χ3v) is 3.95. The molecule has 1 fully saturated rings. The van der Waals surface area contributed by atoms with E-state index in [1.165, 1.54) is 12.5 Å². The molecule has 1 aliphatic carbocycles. The topological polar surface area (TPSA) is 50.4 Å². The Morgan fingerprint density at radius 2 is 2.10 bits per heavy atom. The largest absolute Gasteiger partial charge is 0.473 e. The molecule has 1 atom stereocenters. The number of ether oxygens (including phenoxy) is 1. The van der Waals surface area contributed by atoms with Gasteiger partial charge in [0.2, 0.25) is 0 Å². The first-order valence-corrected chi connectivity index (χ1v) is 7.23. The lowest BCUT2D eigenvalue weighted by molar-refractivity contribution is -0.128. The second-order valence-electron chi connectivity index (χ2n) is 5.45. The summed E-state index contributed by atoms with van der Waals surface area (Å²) in [6.45, 7) is 0.370. The zero-order chi connectivity index (χ0) is 13.9. The number of para-hydroxylation sites is 1. The van der Waals surface area contributed by atoms with Crippen LogP contribution in [0, 0.1) is 5.82 Å². The van der Waals surface area contributed by atoms with Crippen LogP contribution >= 0.6 is 0 Å². The highest BCUT2D eigenvalue weighted by Gasteiger charge is 2.29. The lowest BCUT2D eigenvalue weighted by Crippen LogP contribution is -2.48. The van der Waals surface area contributed by atoms with Crippen LogP contribution in [0.5, 0.6) is 5.75 Å². The van der Waals surface area contributed by atoms with Crippen LogP contribution in [-0.2, 0) is 4.79 Å². The van der Waals surface area contributed by atoms with Gasteiger partial charge in [-0.25, -0.2) is 4.39 Å². The van der Waals surface area contributed by atoms with Gasteiger partial charge in [-0.1, -0.05) is 25.3 Å². The molecule has 2 aliphatic rings. The Bertz CT molecular complexity index is 501. The van der Waals surface area contributed by atoms with E-state index in [0.717, 1.165) is 25.7 Å². The Hall–Kier alpha value is -1.78. The Morgan fingerprint density at radius 1 is 1.30 bits per heavy atom. The molecule has 0 aromatic heterocycles. The van der Waals surface area contributed by atoms with Crippen molar-refractivity contribution in [3.8, 4) is 5.75 Å². The van der Waals surface area contributed by atoms with Crippen molar-refractivity contribution in [2.24, 2.45) is 0 Å². The molecule has 1 saturated carbocycles. The second-order valence-corrected chi connectivity index (χ2v) is 5.45. The molecule has 3 rings (SSSR count). The average molecular weight is 278 g/mol. The highest BCUT2D eigenvalue weighted by atomic mass is 19.1. The third kappa shape index (κ3) is 2.71. The predicted molar refractivity (Wildman–Crippen MR) is 74.3 cm³/mol. The van der Waals surface area contributed by atoms with Crippen LogP contribution in [0.3, 0.4) is 0 Å². The standard InChI is InChI=1S/C15H19FN2O2/c16-11-7-4-8-12-14(11)20-13(9-17-12)15(19)18-10-5-2-1-3-6-10/h4,7-8,10,13,17H,1-3,5-6,9H2,(H,18,19). The summed E-state index contributed by atoms with van der Waals surface area (Å²) in [6.07, 6.45) is 4.94. The van der Waals surface area contributed by atoms with Crippen LogP contribution in [0.15, 0.2) is 18.2 Å². The highest BCUT2D eigenvalue weighted by molar-refractivity contribution is 5.83. The van der Waals surface area contributed by atoms with Gasteiger partial charge in [-0.05, 0) is 25.0 Å². The highest BCUT2D eigenvalue weighted by Crippen LogP contribution is 2.31. The van der Waals surface area contributed by atoms with Crippen molar-refractivity contribution in [2.45, 2.75) is 44.2 Å². The van der Waals surface area contributed by atoms with Crippen molar-refractivity contribution in [3.05, 3.63) is 24.0 Å². The van der Waals surface area contributed by atoms with Crippen LogP contribution in [0.25, 0.3) is 0 Å². The van der Waals surface area contributed by atoms with E-state index in [1.54, 1.807) is 12.1 Å². The monoisotopic (exact) mass is 278 g/mol. The number of nitrogens with one attached hydrogen (secondary N) is 2. The molecule has 108 valence electrons. The van der Waals surface area contributed by atoms with Gasteiger partial charge in [-0.3, -0.25) is 4.79 Å². The molecule has 0 spiro atoms. The number of rotatable bonds is 2. The van der Waals surface area contributed by atoms with E-state index >= 15 is 0 Å². The van der Waals surface area contributed by atoms with Crippen LogP contribution < -0.4 is 15.4 Å². The maximum Gasteiger partial charge on any atom is 0.263 e. The van der Waals surface area contributed by atoms with Crippen molar-refractivity contribution < 1.29 is 13.9 Å². The van der Waals surface area contributed by atoms with Gasteiger partial charge in [0.1, 0.15) is 0 Å². The van der Waals surface area contributed by atoms with Gasteiger partial charge in [0.25, 0.3) is 5.91 Å². The van der Waals surface area contributed by atoms with Crippen LogP contribution in [-0.4, -0.2) is 24.6 Å². The lowest BCUT2D eigenvalue weighted by Gasteiger charge is -2.29. The van der Waals surface area contributed by atoms with Gasteiger partial charge in [-0.15, -0.1) is 0 Å². The Labute approximate surface area is 117 Å². The summed E-state index contributed by atoms with van der Waals surface area (Å²) in [7, 11) is 0. The van der Waals surface area contributed by atoms with E-state index in [2.05, 4.69) is 10.6 Å². The maximum absolute atomic E-state index is 13.7. The lowest BCUT2D eigenvalue weighted by atomic mass is 9.95. The van der Waals surface area contributed by atoms with Crippen molar-refractivity contribution in [1.82, 2.24) is 5.32 Å². The molecule has 0 saturated heterocycles. The smallest absolute Gasteiger partial charge is 0.263 e. The molecule has 4 nitrogen and oxygen atoms in total. The van der Waals surface area contributed by atoms with Gasteiger partial charge in [0, 0.05) is 6.04 Å². The summed E-state index contributed by atoms with van der Waals surface area (Å²) in [5, 5.41) is 6.06. The fourth-order valence-corrected chi connectivity index (χ4v) is 2.84. The first-order valence-electron chi connectivity index (χ1n) is 7.23. The minimum Gasteiger partial charge on any atom is -0.473 e. The number of carbonyl (C=O) groups excluding carboxylic acids is 1. The van der Waals surface area contributed by atoms with Crippen molar-refractivity contribution in [2.75, 3.05) is 11.9 Å². The molecular formula is C15H19FN2O2. The molecule has 1 heterocycles. The number of hydrogen-bond donors (Lipinski definition) is 2. The van der Waals surface area contributed by atoms with Gasteiger partial charge in [-0.2, -0.15) is 0 Å². The zero-order valence-electron chi connectivity index (χ0n) is 11.3. The van der Waals surface area contributed by atoms with Gasteiger partial charge < -0.3 is 15.4 Å². The van der Waals surface area contributed by atoms with Gasteiger partial charge in [0.05, 0.1) is 12.2 Å². The molecule has 2 N–H and O–H groups in total. The Balaban J connectivity index is 1.64. The Kier molecular flexibility index (Phi) is 3.76. The maximum atomic E-state index is 13.7. The number of anilines is 1. The zero-order valence-corrected chi connectivity index (χ0v) is 11.3. The van der Waals surface area contributed by atoms with Crippen molar-refractivity contribution >= 4 is 11.6 Å². The molecule has 0 radical (unpaired) electrons. The quantitative estimate of drug-likeness (QED) is 0.873. The average Bonchev–Trinajstić information content (AvgIpc) is 2.48. The number of amides is 1. The minimum atomic E-state index is -0.665. The van der Waals surface area contributed by atoms with Crippen LogP contribution in [0.4, 0.5) is 10.1 Å². The van der Waals surface area contributed by atoms with Crippen LogP contribution in [0.2, 0.25) is 0 Å². The van der Waals surface area contributed by atoms with E-state index in [0.29, 0.717) is 12.2 Å². The number of hydrogen-bond acceptors (Lipinski definition) is 3. The van der Waals surface area contributed by atoms with E-state index in [9.17, 15) is 9.18 Å². The summed E-state index contributed by atoms with van der Waals surface area (Å²) in [5.41, 5.74) is 0.603. The number of benzene rings is 1. The molecule has 20 heavy (non-hydrogen) atoms. The summed E-state index contributed by atoms with van der Waals surface area (Å²) >= 11 is 0. The van der Waals surface area contributed by atoms with Gasteiger partial charge >= 0.3 is 0 Å². The number of fused-ring (bicyclic) bond motifs is 1. The summed E-state index contributed by atoms with van der Waals surface area (Å²) in [4.78, 5) is 12.2. The molecular weight excluding hydrogens is 259 g/mol. The summed E-state index contributed by atoms with van der Waals surface area (Å²) < 4.78 is 19.2. The fraction of sp³-hybridized carbons (Fsp3) is 0.533. The normalized spacial score (nSPS) is 22.4. The van der Waals surface area contributed by atoms with E-state index in [1.807, 2.05) is 0 Å². The minimum absolute atomic E-state index is 0.141. The predicted octanol–water partition coefficient (Wildman–Crippen LogP) is 2.45. The van der Waals surface area contributed by atoms with Gasteiger partial charge in [0.15, 0.2) is 17.7 Å². The van der Waals surface area contributed by atoms with E-state index in [-0.39, 0.29) is 17.7 Å². The molecule has 1 aliphatic heterocycles. The van der Waals surface area contributed by atoms with E-state index < -0.39 is 11.9 Å².